The first-order valence-corrected chi connectivity index (χ1v) is 35.9. The third kappa shape index (κ3) is 3.46. The van der Waals surface area contributed by atoms with Gasteiger partial charge in [0.25, 0.3) is 0 Å². The number of aryl methyl sites for hydroxylation is 2. The van der Waals surface area contributed by atoms with Gasteiger partial charge < -0.3 is 0 Å². The van der Waals surface area contributed by atoms with Crippen molar-refractivity contribution in [3.8, 4) is 0 Å². The fourth-order valence-corrected chi connectivity index (χ4v) is 18.7. The van der Waals surface area contributed by atoms with E-state index in [9.17, 15) is 0 Å². The van der Waals surface area contributed by atoms with Crippen molar-refractivity contribution in [2.45, 2.75) is 43.5 Å². The van der Waals surface area contributed by atoms with Crippen molar-refractivity contribution in [1.29, 1.82) is 0 Å². The van der Waals surface area contributed by atoms with Gasteiger partial charge in [-0.15, -0.1) is 0 Å². The molecule has 0 amide bonds. The normalized spacial score (nSPS) is 13.6. The average molecular weight is 756 g/mol. The number of fused-ring (bicyclic) bond motifs is 11. The fourth-order valence-electron chi connectivity index (χ4n) is 5.50. The Morgan fingerprint density at radius 3 is 1.19 bits per heavy atom. The Kier molecular flexibility index (Phi) is 5.53. The topological polar surface area (TPSA) is 0 Å². The summed E-state index contributed by atoms with van der Waals surface area (Å²) in [5.74, 6) is 0. The third-order valence-corrected chi connectivity index (χ3v) is 24.7. The molecular weight excluding hydrogens is 726 g/mol. The molecule has 0 aliphatic heterocycles. The molecule has 3 aromatic carbocycles. The van der Waals surface area contributed by atoms with Gasteiger partial charge in [0.15, 0.2) is 0 Å². The van der Waals surface area contributed by atoms with Crippen molar-refractivity contribution in [2.24, 2.45) is 0 Å². The van der Waals surface area contributed by atoms with E-state index in [1.54, 1.807) is 7.16 Å². The molecule has 6 heteroatoms. The maximum atomic E-state index is 2.53. The molecular formula is C30H30S4Sn2. The van der Waals surface area contributed by atoms with Crippen LogP contribution >= 0.6 is 45.3 Å². The predicted octanol–water partition coefficient (Wildman–Crippen LogP) is 10.6. The molecule has 0 fully saturated rings. The van der Waals surface area contributed by atoms with Crippen molar-refractivity contribution in [3.63, 3.8) is 0 Å². The minimum atomic E-state index is -2.09. The van der Waals surface area contributed by atoms with Gasteiger partial charge in [0.2, 0.25) is 0 Å². The second kappa shape index (κ2) is 8.07. The molecule has 0 bridgehead atoms. The van der Waals surface area contributed by atoms with Gasteiger partial charge in [-0.2, -0.15) is 0 Å². The van der Waals surface area contributed by atoms with Crippen LogP contribution in [0.25, 0.3) is 59.1 Å². The summed E-state index contributed by atoms with van der Waals surface area (Å²) < 4.78 is 15.3. The van der Waals surface area contributed by atoms with Crippen molar-refractivity contribution >= 4 is 148 Å². The first-order chi connectivity index (χ1) is 16.9. The van der Waals surface area contributed by atoms with Crippen LogP contribution in [-0.2, 0) is 0 Å². The summed E-state index contributed by atoms with van der Waals surface area (Å²) in [6.07, 6.45) is 0. The average Bonchev–Trinajstić information content (AvgIpc) is 3.52. The van der Waals surface area contributed by atoms with E-state index in [0.717, 1.165) is 0 Å². The third-order valence-electron chi connectivity index (χ3n) is 7.86. The van der Waals surface area contributed by atoms with E-state index < -0.39 is 36.8 Å². The summed E-state index contributed by atoms with van der Waals surface area (Å²) in [7, 11) is 0. The van der Waals surface area contributed by atoms with Gasteiger partial charge in [-0.3, -0.25) is 0 Å². The summed E-state index contributed by atoms with van der Waals surface area (Å²) in [6, 6.07) is 14.8. The van der Waals surface area contributed by atoms with E-state index in [0.29, 0.717) is 0 Å². The number of hydrogen-bond acceptors (Lipinski definition) is 4. The van der Waals surface area contributed by atoms with Crippen LogP contribution in [0.4, 0.5) is 0 Å². The second-order valence-electron chi connectivity index (χ2n) is 12.3. The Bertz CT molecular complexity index is 1880. The molecule has 0 saturated heterocycles. The van der Waals surface area contributed by atoms with E-state index in [1.807, 2.05) is 45.3 Å². The van der Waals surface area contributed by atoms with Crippen LogP contribution < -0.4 is 7.16 Å². The summed E-state index contributed by atoms with van der Waals surface area (Å²) in [6.45, 7) is 4.74. The zero-order chi connectivity index (χ0) is 25.3. The van der Waals surface area contributed by atoms with E-state index in [2.05, 4.69) is 79.9 Å². The molecule has 0 saturated carbocycles. The van der Waals surface area contributed by atoms with Crippen LogP contribution in [0, 0.1) is 13.8 Å². The number of hydrogen-bond donors (Lipinski definition) is 0. The molecule has 0 atom stereocenters. The van der Waals surface area contributed by atoms with E-state index in [-0.39, 0.29) is 0 Å². The molecule has 36 heavy (non-hydrogen) atoms. The second-order valence-corrected chi connectivity index (χ2v) is 45.4. The molecule has 7 rings (SSSR count). The van der Waals surface area contributed by atoms with Crippen LogP contribution in [-0.4, -0.2) is 36.8 Å². The van der Waals surface area contributed by atoms with Crippen molar-refractivity contribution in [3.05, 3.63) is 47.5 Å². The molecule has 0 spiro atoms. The summed E-state index contributed by atoms with van der Waals surface area (Å²) >= 11 is 3.98. The molecule has 0 aliphatic rings. The Morgan fingerprint density at radius 1 is 0.472 bits per heavy atom. The minimum absolute atomic E-state index is 1.46. The van der Waals surface area contributed by atoms with Crippen molar-refractivity contribution in [2.75, 3.05) is 0 Å². The van der Waals surface area contributed by atoms with Crippen LogP contribution in [0.3, 0.4) is 0 Å². The molecule has 7 aromatic rings. The Balaban J connectivity index is 1.56. The van der Waals surface area contributed by atoms with E-state index in [4.69, 9.17) is 0 Å². The van der Waals surface area contributed by atoms with Crippen molar-refractivity contribution < 1.29 is 0 Å². The van der Waals surface area contributed by atoms with Gasteiger partial charge in [0, 0.05) is 0 Å². The quantitative estimate of drug-likeness (QED) is 0.154. The molecule has 0 N–H and O–H groups in total. The standard InChI is InChI=1S/C24H12S4.6CH3.2Sn/c1-11-12(2)18-22-20(14-8-4-6-10-16(14)26-22)28-24(18)23-17(11)21-19(27-23)13-7-3-5-9-15(13)25-21;;;;;;;;/h3-4,7-10H,1-2H3;6*1H3;;. The first kappa shape index (κ1) is 24.6. The SMILES string of the molecule is Cc1c(C)c2c3sc4c[c]([Sn]([CH3])([CH3])[CH3])ccc4c3sc2c2sc3c4cc[c]([Sn]([CH3])([CH3])[CH3])cc4sc3c12. The van der Waals surface area contributed by atoms with Crippen LogP contribution in [0.5, 0.6) is 0 Å². The molecule has 182 valence electrons. The molecule has 0 nitrogen and oxygen atoms in total. The molecule has 4 aromatic heterocycles. The first-order valence-electron chi connectivity index (χ1n) is 12.6. The van der Waals surface area contributed by atoms with Crippen LogP contribution in [0.15, 0.2) is 36.4 Å². The summed E-state index contributed by atoms with van der Waals surface area (Å²) in [5, 5.41) is 5.96. The zero-order valence-corrected chi connectivity index (χ0v) is 31.1. The molecule has 0 aliphatic carbocycles. The van der Waals surface area contributed by atoms with Gasteiger partial charge >= 0.3 is 239 Å². The van der Waals surface area contributed by atoms with E-state index in [1.165, 1.54) is 70.3 Å². The zero-order valence-electron chi connectivity index (χ0n) is 22.1. The Hall–Kier alpha value is -0.383. The predicted molar refractivity (Wildman–Crippen MR) is 178 cm³/mol. The van der Waals surface area contributed by atoms with Gasteiger partial charge in [0.05, 0.1) is 0 Å². The van der Waals surface area contributed by atoms with Crippen molar-refractivity contribution in [1.82, 2.24) is 0 Å². The van der Waals surface area contributed by atoms with Gasteiger partial charge in [-0.25, -0.2) is 0 Å². The number of benzene rings is 3. The van der Waals surface area contributed by atoms with Crippen LogP contribution in [0.1, 0.15) is 11.1 Å². The van der Waals surface area contributed by atoms with Gasteiger partial charge in [-0.1, -0.05) is 0 Å². The molecule has 0 radical (unpaired) electrons. The molecule has 0 unspecified atom stereocenters. The van der Waals surface area contributed by atoms with Gasteiger partial charge in [0.1, 0.15) is 0 Å². The van der Waals surface area contributed by atoms with Gasteiger partial charge in [-0.05, 0) is 0 Å². The maximum absolute atomic E-state index is 2.53. The number of rotatable bonds is 2. The van der Waals surface area contributed by atoms with E-state index >= 15 is 0 Å². The van der Waals surface area contributed by atoms with Crippen LogP contribution in [0.2, 0.25) is 29.6 Å². The Morgan fingerprint density at radius 2 is 0.833 bits per heavy atom. The summed E-state index contributed by atoms with van der Waals surface area (Å²) in [5.41, 5.74) is 2.96. The molecule has 4 heterocycles. The summed E-state index contributed by atoms with van der Waals surface area (Å²) in [4.78, 5) is 15.1. The fraction of sp³-hybridized carbons (Fsp3) is 0.267. The monoisotopic (exact) mass is 758 g/mol. The Labute approximate surface area is 236 Å². The number of thiophene rings is 4.